The van der Waals surface area contributed by atoms with Gasteiger partial charge < -0.3 is 0 Å². The Kier molecular flexibility index (Phi) is 2.88. The van der Waals surface area contributed by atoms with Gasteiger partial charge in [0.1, 0.15) is 0 Å². The number of aryl methyl sites for hydroxylation is 1. The summed E-state index contributed by atoms with van der Waals surface area (Å²) in [5.41, 5.74) is -0.147. The van der Waals surface area contributed by atoms with E-state index in [0.717, 1.165) is 38.3 Å². The summed E-state index contributed by atoms with van der Waals surface area (Å²) in [6.07, 6.45) is 1.84. The fourth-order valence-corrected chi connectivity index (χ4v) is 1.90. The maximum absolute atomic E-state index is 9.02. The SMILES string of the molecule is Cn1nnc(CN2CCC(C)(C#N)CC2)n1. The fraction of sp³-hybridized carbons (Fsp3) is 0.800. The van der Waals surface area contributed by atoms with Gasteiger partial charge in [0.25, 0.3) is 0 Å². The molecule has 0 bridgehead atoms. The zero-order chi connectivity index (χ0) is 11.6. The molecule has 86 valence electrons. The molecule has 1 aliphatic rings. The van der Waals surface area contributed by atoms with Gasteiger partial charge in [-0.15, -0.1) is 10.2 Å². The minimum atomic E-state index is -0.147. The molecule has 1 aliphatic heterocycles. The van der Waals surface area contributed by atoms with Crippen molar-refractivity contribution in [1.82, 2.24) is 25.1 Å². The van der Waals surface area contributed by atoms with Crippen molar-refractivity contribution >= 4 is 0 Å². The molecule has 0 N–H and O–H groups in total. The highest BCUT2D eigenvalue weighted by Gasteiger charge is 2.30. The van der Waals surface area contributed by atoms with Crippen molar-refractivity contribution in [2.75, 3.05) is 13.1 Å². The van der Waals surface area contributed by atoms with Crippen LogP contribution in [0.5, 0.6) is 0 Å². The van der Waals surface area contributed by atoms with E-state index in [2.05, 4.69) is 26.4 Å². The van der Waals surface area contributed by atoms with E-state index in [1.54, 1.807) is 7.05 Å². The van der Waals surface area contributed by atoms with Gasteiger partial charge in [-0.05, 0) is 25.0 Å². The number of rotatable bonds is 2. The Balaban J connectivity index is 1.89. The summed E-state index contributed by atoms with van der Waals surface area (Å²) in [7, 11) is 1.76. The Morgan fingerprint density at radius 1 is 1.44 bits per heavy atom. The lowest BCUT2D eigenvalue weighted by Crippen LogP contribution is -2.37. The van der Waals surface area contributed by atoms with Crippen LogP contribution in [0.1, 0.15) is 25.6 Å². The third kappa shape index (κ3) is 2.36. The van der Waals surface area contributed by atoms with Crippen LogP contribution < -0.4 is 0 Å². The summed E-state index contributed by atoms with van der Waals surface area (Å²) in [6.45, 7) is 4.63. The predicted molar refractivity (Wildman–Crippen MR) is 57.0 cm³/mol. The van der Waals surface area contributed by atoms with Crippen molar-refractivity contribution in [2.45, 2.75) is 26.3 Å². The number of tetrazole rings is 1. The van der Waals surface area contributed by atoms with Gasteiger partial charge in [-0.2, -0.15) is 10.1 Å². The highest BCUT2D eigenvalue weighted by Crippen LogP contribution is 2.29. The van der Waals surface area contributed by atoms with Gasteiger partial charge in [0.05, 0.1) is 25.1 Å². The number of aromatic nitrogens is 4. The van der Waals surface area contributed by atoms with E-state index in [1.165, 1.54) is 4.80 Å². The maximum atomic E-state index is 9.02. The molecule has 0 radical (unpaired) electrons. The van der Waals surface area contributed by atoms with E-state index in [1.807, 2.05) is 6.92 Å². The number of piperidine rings is 1. The Labute approximate surface area is 94.8 Å². The Bertz CT molecular complexity index is 396. The van der Waals surface area contributed by atoms with Crippen LogP contribution in [0.3, 0.4) is 0 Å². The molecule has 1 fully saturated rings. The lowest BCUT2D eigenvalue weighted by molar-refractivity contribution is 0.147. The van der Waals surface area contributed by atoms with Crippen LogP contribution in [-0.4, -0.2) is 38.2 Å². The highest BCUT2D eigenvalue weighted by molar-refractivity contribution is 4.99. The first kappa shape index (κ1) is 11.0. The summed E-state index contributed by atoms with van der Waals surface area (Å²) in [4.78, 5) is 3.74. The molecule has 2 heterocycles. The maximum Gasteiger partial charge on any atom is 0.188 e. The molecule has 0 aliphatic carbocycles. The van der Waals surface area contributed by atoms with E-state index in [9.17, 15) is 0 Å². The van der Waals surface area contributed by atoms with E-state index >= 15 is 0 Å². The zero-order valence-electron chi connectivity index (χ0n) is 9.72. The number of hydrogen-bond acceptors (Lipinski definition) is 5. The molecule has 0 aromatic carbocycles. The predicted octanol–water partition coefficient (Wildman–Crippen LogP) is 0.336. The van der Waals surface area contributed by atoms with Crippen molar-refractivity contribution in [1.29, 1.82) is 5.26 Å². The third-order valence-electron chi connectivity index (χ3n) is 3.14. The molecular formula is C10H16N6. The molecule has 1 aromatic rings. The molecule has 6 heteroatoms. The van der Waals surface area contributed by atoms with E-state index in [4.69, 9.17) is 5.26 Å². The van der Waals surface area contributed by atoms with Crippen LogP contribution in [0.4, 0.5) is 0 Å². The molecule has 0 unspecified atom stereocenters. The van der Waals surface area contributed by atoms with Gasteiger partial charge >= 0.3 is 0 Å². The molecule has 0 amide bonds. The van der Waals surface area contributed by atoms with Crippen LogP contribution in [0.15, 0.2) is 0 Å². The third-order valence-corrected chi connectivity index (χ3v) is 3.14. The Hall–Kier alpha value is -1.48. The smallest absolute Gasteiger partial charge is 0.188 e. The summed E-state index contributed by atoms with van der Waals surface area (Å²) in [6, 6.07) is 2.39. The minimum Gasteiger partial charge on any atom is -0.296 e. The monoisotopic (exact) mass is 220 g/mol. The summed E-state index contributed by atoms with van der Waals surface area (Å²) < 4.78 is 0. The molecular weight excluding hydrogens is 204 g/mol. The minimum absolute atomic E-state index is 0.147. The number of nitrogens with zero attached hydrogens (tertiary/aromatic N) is 6. The lowest BCUT2D eigenvalue weighted by atomic mass is 9.82. The van der Waals surface area contributed by atoms with E-state index < -0.39 is 0 Å². The zero-order valence-corrected chi connectivity index (χ0v) is 9.72. The molecule has 2 rings (SSSR count). The summed E-state index contributed by atoms with van der Waals surface area (Å²) in [5, 5.41) is 20.9. The summed E-state index contributed by atoms with van der Waals surface area (Å²) in [5.74, 6) is 0.753. The second kappa shape index (κ2) is 4.18. The largest absolute Gasteiger partial charge is 0.296 e. The van der Waals surface area contributed by atoms with Gasteiger partial charge in [0.2, 0.25) is 0 Å². The Morgan fingerprint density at radius 2 is 2.12 bits per heavy atom. The highest BCUT2D eigenvalue weighted by atomic mass is 15.6. The topological polar surface area (TPSA) is 70.6 Å². The van der Waals surface area contributed by atoms with Gasteiger partial charge in [-0.25, -0.2) is 0 Å². The van der Waals surface area contributed by atoms with Crippen LogP contribution in [0.25, 0.3) is 0 Å². The average Bonchev–Trinajstić information content (AvgIpc) is 2.68. The molecule has 6 nitrogen and oxygen atoms in total. The van der Waals surface area contributed by atoms with Crippen LogP contribution in [-0.2, 0) is 13.6 Å². The van der Waals surface area contributed by atoms with Gasteiger partial charge in [-0.3, -0.25) is 4.90 Å². The molecule has 1 aromatic heterocycles. The Morgan fingerprint density at radius 3 is 2.62 bits per heavy atom. The van der Waals surface area contributed by atoms with Crippen LogP contribution >= 0.6 is 0 Å². The van der Waals surface area contributed by atoms with Crippen molar-refractivity contribution in [3.63, 3.8) is 0 Å². The van der Waals surface area contributed by atoms with Crippen molar-refractivity contribution in [2.24, 2.45) is 12.5 Å². The van der Waals surface area contributed by atoms with Crippen molar-refractivity contribution in [3.05, 3.63) is 5.82 Å². The van der Waals surface area contributed by atoms with Crippen LogP contribution in [0, 0.1) is 16.7 Å². The van der Waals surface area contributed by atoms with E-state index in [0.29, 0.717) is 0 Å². The standard InChI is InChI=1S/C10H16N6/c1-10(8-11)3-5-16(6-4-10)7-9-12-14-15(2)13-9/h3-7H2,1-2H3. The van der Waals surface area contributed by atoms with Crippen LogP contribution in [0.2, 0.25) is 0 Å². The van der Waals surface area contributed by atoms with Gasteiger partial charge in [0.15, 0.2) is 5.82 Å². The fourth-order valence-electron chi connectivity index (χ4n) is 1.90. The first-order valence-corrected chi connectivity index (χ1v) is 5.48. The number of likely N-dealkylation sites (tertiary alicyclic amines) is 1. The number of hydrogen-bond donors (Lipinski definition) is 0. The van der Waals surface area contributed by atoms with E-state index in [-0.39, 0.29) is 5.41 Å². The first-order chi connectivity index (χ1) is 7.61. The molecule has 1 saturated heterocycles. The quantitative estimate of drug-likeness (QED) is 0.718. The first-order valence-electron chi connectivity index (χ1n) is 5.48. The summed E-state index contributed by atoms with van der Waals surface area (Å²) >= 11 is 0. The lowest BCUT2D eigenvalue weighted by Gasteiger charge is -2.34. The van der Waals surface area contributed by atoms with Gasteiger partial charge in [-0.1, -0.05) is 0 Å². The van der Waals surface area contributed by atoms with Gasteiger partial charge in [0, 0.05) is 13.1 Å². The van der Waals surface area contributed by atoms with Crippen molar-refractivity contribution < 1.29 is 0 Å². The molecule has 0 atom stereocenters. The normalized spacial score (nSPS) is 20.6. The average molecular weight is 220 g/mol. The number of nitriles is 1. The molecule has 0 saturated carbocycles. The van der Waals surface area contributed by atoms with Crippen molar-refractivity contribution in [3.8, 4) is 6.07 Å². The molecule has 16 heavy (non-hydrogen) atoms. The second-order valence-corrected chi connectivity index (χ2v) is 4.64. The second-order valence-electron chi connectivity index (χ2n) is 4.64. The molecule has 0 spiro atoms.